The average molecular weight is 457 g/mol. The molecular formula is C30H52OSi. The molecule has 0 aliphatic carbocycles. The first-order valence-corrected chi connectivity index (χ1v) is 16.0. The van der Waals surface area contributed by atoms with E-state index in [1.165, 1.54) is 80.9 Å². The molecule has 0 spiro atoms. The summed E-state index contributed by atoms with van der Waals surface area (Å²) in [5, 5.41) is 0.296. The first kappa shape index (κ1) is 28.9. The maximum Gasteiger partial charge on any atom is 0.191 e. The minimum atomic E-state index is -1.61. The first-order valence-electron chi connectivity index (χ1n) is 13.1. The van der Waals surface area contributed by atoms with E-state index in [-0.39, 0.29) is 0 Å². The summed E-state index contributed by atoms with van der Waals surface area (Å²) in [4.78, 5) is 0. The van der Waals surface area contributed by atoms with Crippen molar-refractivity contribution in [1.29, 1.82) is 0 Å². The highest BCUT2D eigenvalue weighted by atomic mass is 28.4. The summed E-state index contributed by atoms with van der Waals surface area (Å²) in [5.41, 5.74) is 4.39. The maximum absolute atomic E-state index is 6.28. The van der Waals surface area contributed by atoms with Crippen LogP contribution in [0, 0.1) is 0 Å². The molecule has 0 bridgehead atoms. The van der Waals surface area contributed by atoms with Crippen molar-refractivity contribution in [2.75, 3.05) is 6.61 Å². The molecule has 0 aromatic heterocycles. The number of hydrogen-bond donors (Lipinski definition) is 0. The summed E-state index contributed by atoms with van der Waals surface area (Å²) in [5.74, 6) is 0. The summed E-state index contributed by atoms with van der Waals surface area (Å²) in [7, 11) is -1.61. The van der Waals surface area contributed by atoms with Crippen molar-refractivity contribution in [1.82, 2.24) is 0 Å². The van der Waals surface area contributed by atoms with Gasteiger partial charge in [-0.05, 0) is 69.6 Å². The molecule has 0 saturated heterocycles. The Hall–Kier alpha value is -1.12. The van der Waals surface area contributed by atoms with E-state index >= 15 is 0 Å². The van der Waals surface area contributed by atoms with Crippen LogP contribution in [-0.4, -0.2) is 14.9 Å². The molecule has 2 heteroatoms. The molecule has 0 N–H and O–H groups in total. The van der Waals surface area contributed by atoms with Crippen LogP contribution in [0.2, 0.25) is 18.1 Å². The van der Waals surface area contributed by atoms with E-state index < -0.39 is 8.32 Å². The molecule has 32 heavy (non-hydrogen) atoms. The normalized spacial score (nSPS) is 13.6. The third kappa shape index (κ3) is 13.4. The second-order valence-electron chi connectivity index (χ2n) is 11.2. The van der Waals surface area contributed by atoms with Gasteiger partial charge in [0.15, 0.2) is 8.32 Å². The number of hydrogen-bond acceptors (Lipinski definition) is 1. The molecule has 1 aromatic carbocycles. The van der Waals surface area contributed by atoms with E-state index in [0.29, 0.717) is 5.04 Å². The Morgan fingerprint density at radius 3 is 2.00 bits per heavy atom. The third-order valence-electron chi connectivity index (χ3n) is 6.96. The van der Waals surface area contributed by atoms with E-state index in [2.05, 4.69) is 90.2 Å². The molecule has 0 unspecified atom stereocenters. The molecular weight excluding hydrogens is 404 g/mol. The Morgan fingerprint density at radius 1 is 0.844 bits per heavy atom. The van der Waals surface area contributed by atoms with Crippen LogP contribution in [0.4, 0.5) is 0 Å². The quantitative estimate of drug-likeness (QED) is 0.136. The Bertz CT molecular complexity index is 664. The predicted molar refractivity (Wildman–Crippen MR) is 147 cm³/mol. The second-order valence-corrected chi connectivity index (χ2v) is 16.0. The maximum atomic E-state index is 6.28. The van der Waals surface area contributed by atoms with Crippen molar-refractivity contribution in [2.45, 2.75) is 123 Å². The van der Waals surface area contributed by atoms with E-state index in [0.717, 1.165) is 13.0 Å². The van der Waals surface area contributed by atoms with Crippen LogP contribution in [0.5, 0.6) is 0 Å². The zero-order chi connectivity index (χ0) is 23.9. The minimum absolute atomic E-state index is 0.296. The highest BCUT2D eigenvalue weighted by molar-refractivity contribution is 6.74. The van der Waals surface area contributed by atoms with E-state index in [4.69, 9.17) is 4.43 Å². The SMILES string of the molecule is CC(=C/CCO[Si](C)(C)C(C)(C)C)/C=C(\C)CCCCCCCCCCc1ccccc1. The van der Waals surface area contributed by atoms with Gasteiger partial charge in [-0.25, -0.2) is 0 Å². The molecule has 0 saturated carbocycles. The number of unbranched alkanes of at least 4 members (excludes halogenated alkanes) is 7. The van der Waals surface area contributed by atoms with Crippen molar-refractivity contribution >= 4 is 8.32 Å². The van der Waals surface area contributed by atoms with Gasteiger partial charge in [0.25, 0.3) is 0 Å². The van der Waals surface area contributed by atoms with Crippen molar-refractivity contribution in [3.8, 4) is 0 Å². The molecule has 0 aliphatic rings. The van der Waals surface area contributed by atoms with E-state index in [9.17, 15) is 0 Å². The lowest BCUT2D eigenvalue weighted by Gasteiger charge is -2.36. The highest BCUT2D eigenvalue weighted by Crippen LogP contribution is 2.36. The summed E-state index contributed by atoms with van der Waals surface area (Å²) in [6.07, 6.45) is 19.2. The largest absolute Gasteiger partial charge is 0.417 e. The molecule has 0 heterocycles. The zero-order valence-electron chi connectivity index (χ0n) is 22.4. The first-order chi connectivity index (χ1) is 15.1. The fourth-order valence-corrected chi connectivity index (χ4v) is 4.84. The molecule has 0 aliphatic heterocycles. The van der Waals surface area contributed by atoms with Crippen molar-refractivity contribution in [2.24, 2.45) is 0 Å². The smallest absolute Gasteiger partial charge is 0.191 e. The van der Waals surface area contributed by atoms with Crippen LogP contribution in [-0.2, 0) is 10.8 Å². The van der Waals surface area contributed by atoms with Crippen LogP contribution in [0.25, 0.3) is 0 Å². The molecule has 182 valence electrons. The summed E-state index contributed by atoms with van der Waals surface area (Å²) in [6, 6.07) is 10.9. The molecule has 0 fully saturated rings. The van der Waals surface area contributed by atoms with Gasteiger partial charge in [0.2, 0.25) is 0 Å². The third-order valence-corrected chi connectivity index (χ3v) is 11.5. The van der Waals surface area contributed by atoms with Crippen LogP contribution in [0.15, 0.2) is 53.6 Å². The van der Waals surface area contributed by atoms with Gasteiger partial charge in [0, 0.05) is 6.61 Å². The van der Waals surface area contributed by atoms with Gasteiger partial charge in [-0.3, -0.25) is 0 Å². The van der Waals surface area contributed by atoms with Gasteiger partial charge >= 0.3 is 0 Å². The van der Waals surface area contributed by atoms with Gasteiger partial charge in [-0.1, -0.05) is 113 Å². The molecule has 1 aromatic rings. The minimum Gasteiger partial charge on any atom is -0.417 e. The molecule has 1 nitrogen and oxygen atoms in total. The van der Waals surface area contributed by atoms with Crippen molar-refractivity contribution in [3.63, 3.8) is 0 Å². The van der Waals surface area contributed by atoms with Crippen LogP contribution in [0.3, 0.4) is 0 Å². The standard InChI is InChI=1S/C30H52OSi/c1-27(26-28(2)21-19-25-31-32(6,7)30(3,4)5)20-15-12-10-8-9-11-13-16-22-29-23-17-14-18-24-29/h14,17-18,21,23-24,26H,8-13,15-16,19-20,22,25H2,1-7H3/b27-26+,28-21-. The number of aryl methyl sites for hydroxylation is 1. The van der Waals surface area contributed by atoms with E-state index in [1.807, 2.05) is 0 Å². The lowest BCUT2D eigenvalue weighted by Crippen LogP contribution is -2.40. The zero-order valence-corrected chi connectivity index (χ0v) is 23.4. The summed E-state index contributed by atoms with van der Waals surface area (Å²) < 4.78 is 6.28. The van der Waals surface area contributed by atoms with Crippen molar-refractivity contribution in [3.05, 3.63) is 59.2 Å². The van der Waals surface area contributed by atoms with Crippen LogP contribution < -0.4 is 0 Å². The highest BCUT2D eigenvalue weighted by Gasteiger charge is 2.36. The van der Waals surface area contributed by atoms with Gasteiger partial charge in [-0.2, -0.15) is 0 Å². The Labute approximate surface area is 201 Å². The predicted octanol–water partition coefficient (Wildman–Crippen LogP) is 10.0. The van der Waals surface area contributed by atoms with E-state index in [1.54, 1.807) is 0 Å². The fraction of sp³-hybridized carbons (Fsp3) is 0.667. The van der Waals surface area contributed by atoms with Crippen LogP contribution in [0.1, 0.15) is 104 Å². The Balaban J connectivity index is 2.04. The lowest BCUT2D eigenvalue weighted by atomic mass is 10.0. The van der Waals surface area contributed by atoms with Crippen LogP contribution >= 0.6 is 0 Å². The summed E-state index contributed by atoms with van der Waals surface area (Å²) in [6.45, 7) is 17.0. The summed E-state index contributed by atoms with van der Waals surface area (Å²) >= 11 is 0. The molecule has 1 rings (SSSR count). The number of allylic oxidation sites excluding steroid dienone is 3. The van der Waals surface area contributed by atoms with Gasteiger partial charge in [-0.15, -0.1) is 0 Å². The molecule has 0 amide bonds. The van der Waals surface area contributed by atoms with Gasteiger partial charge < -0.3 is 4.43 Å². The second kappa shape index (κ2) is 15.7. The monoisotopic (exact) mass is 456 g/mol. The van der Waals surface area contributed by atoms with Gasteiger partial charge in [0.1, 0.15) is 0 Å². The lowest BCUT2D eigenvalue weighted by molar-refractivity contribution is 0.294. The number of rotatable bonds is 16. The fourth-order valence-electron chi connectivity index (χ4n) is 3.78. The molecule has 0 radical (unpaired) electrons. The Morgan fingerprint density at radius 2 is 1.41 bits per heavy atom. The van der Waals surface area contributed by atoms with Crippen molar-refractivity contribution < 1.29 is 4.43 Å². The van der Waals surface area contributed by atoms with Gasteiger partial charge in [0.05, 0.1) is 0 Å². The Kier molecular flexibility index (Phi) is 14.2. The average Bonchev–Trinajstić information content (AvgIpc) is 2.72. The molecule has 0 atom stereocenters. The topological polar surface area (TPSA) is 9.23 Å². The number of benzene rings is 1.